The van der Waals surface area contributed by atoms with Crippen molar-refractivity contribution in [3.8, 4) is 0 Å². The number of hydrogen-bond acceptors (Lipinski definition) is 3. The van der Waals surface area contributed by atoms with Gasteiger partial charge in [-0.1, -0.05) is 48.0 Å². The second kappa shape index (κ2) is 9.11. The molecule has 4 nitrogen and oxygen atoms in total. The normalized spacial score (nSPS) is 27.3. The maximum Gasteiger partial charge on any atom is 0.306 e. The first-order valence-electron chi connectivity index (χ1n) is 10.8. The summed E-state index contributed by atoms with van der Waals surface area (Å²) in [7, 11) is 2.20. The number of nitrogens with zero attached hydrogens (tertiary/aromatic N) is 2. The molecule has 168 valence electrons. The Bertz CT molecular complexity index is 934. The molecule has 0 saturated carbocycles. The molecule has 0 N–H and O–H groups in total. The molecule has 1 saturated heterocycles. The summed E-state index contributed by atoms with van der Waals surface area (Å²) in [5, 5.41) is 0.805. The van der Waals surface area contributed by atoms with Crippen molar-refractivity contribution in [2.75, 3.05) is 33.4 Å². The van der Waals surface area contributed by atoms with E-state index in [2.05, 4.69) is 68.3 Å². The number of benzene rings is 2. The molecular weight excluding hydrogens is 431 g/mol. The highest BCUT2D eigenvalue weighted by molar-refractivity contribution is 6.30. The maximum absolute atomic E-state index is 11.4. The molecule has 1 aliphatic carbocycles. The average molecular weight is 463 g/mol. The fourth-order valence-electron chi connectivity index (χ4n) is 5.11. The van der Waals surface area contributed by atoms with Gasteiger partial charge < -0.3 is 17.1 Å². The van der Waals surface area contributed by atoms with E-state index >= 15 is 0 Å². The molecule has 2 aromatic rings. The first kappa shape index (κ1) is 24.1. The van der Waals surface area contributed by atoms with Crippen LogP contribution in [0.25, 0.3) is 0 Å². The molecule has 2 aliphatic rings. The Labute approximate surface area is 197 Å². The molecule has 4 rings (SSSR count). The van der Waals surface area contributed by atoms with Crippen LogP contribution < -0.4 is 12.4 Å². The van der Waals surface area contributed by atoms with Gasteiger partial charge in [-0.2, -0.15) is 0 Å². The number of rotatable bonds is 4. The summed E-state index contributed by atoms with van der Waals surface area (Å²) in [5.41, 5.74) is 4.10. The minimum Gasteiger partial charge on any atom is -1.00 e. The Hall–Kier alpha value is -1.59. The largest absolute Gasteiger partial charge is 1.00 e. The van der Waals surface area contributed by atoms with Crippen LogP contribution in [0.4, 0.5) is 0 Å². The summed E-state index contributed by atoms with van der Waals surface area (Å²) in [6.07, 6.45) is 1.07. The molecule has 0 unspecified atom stereocenters. The second-order valence-corrected chi connectivity index (χ2v) is 10.1. The zero-order valence-corrected chi connectivity index (χ0v) is 20.3. The van der Waals surface area contributed by atoms with Crippen molar-refractivity contribution in [1.82, 2.24) is 4.90 Å². The Balaban J connectivity index is 0.00000272. The lowest BCUT2D eigenvalue weighted by Gasteiger charge is -2.53. The van der Waals surface area contributed by atoms with Gasteiger partial charge in [0, 0.05) is 30.5 Å². The van der Waals surface area contributed by atoms with Gasteiger partial charge in [-0.25, -0.2) is 0 Å². The number of esters is 1. The predicted octanol–water partition coefficient (Wildman–Crippen LogP) is 1.98. The summed E-state index contributed by atoms with van der Waals surface area (Å²) in [5.74, 6) is 0.188. The monoisotopic (exact) mass is 462 g/mol. The van der Waals surface area contributed by atoms with Crippen molar-refractivity contribution in [1.29, 1.82) is 0 Å². The molecule has 0 spiro atoms. The summed E-state index contributed by atoms with van der Waals surface area (Å²) >= 11 is 6.42. The van der Waals surface area contributed by atoms with E-state index in [1.807, 2.05) is 6.07 Å². The van der Waals surface area contributed by atoms with E-state index in [1.165, 1.54) is 23.6 Å². The van der Waals surface area contributed by atoms with Crippen molar-refractivity contribution >= 4 is 17.6 Å². The van der Waals surface area contributed by atoms with Crippen molar-refractivity contribution in [2.45, 2.75) is 44.7 Å². The predicted molar refractivity (Wildman–Crippen MR) is 120 cm³/mol. The maximum atomic E-state index is 11.4. The second-order valence-electron chi connectivity index (χ2n) is 9.66. The summed E-state index contributed by atoms with van der Waals surface area (Å²) < 4.78 is 6.16. The Morgan fingerprint density at radius 1 is 1.19 bits per heavy atom. The van der Waals surface area contributed by atoms with E-state index < -0.39 is 0 Å². The fraction of sp³-hybridized carbons (Fsp3) is 0.480. The molecule has 0 amide bonds. The van der Waals surface area contributed by atoms with Crippen molar-refractivity contribution in [3.63, 3.8) is 0 Å². The number of halogens is 2. The van der Waals surface area contributed by atoms with Crippen LogP contribution in [0, 0.1) is 0 Å². The number of carbonyl (C=O) groups is 1. The number of quaternary nitrogens is 1. The van der Waals surface area contributed by atoms with Crippen LogP contribution in [-0.2, 0) is 9.53 Å². The number of hydrogen-bond donors (Lipinski definition) is 0. The van der Waals surface area contributed by atoms with Gasteiger partial charge >= 0.3 is 5.97 Å². The van der Waals surface area contributed by atoms with Crippen LogP contribution in [0.2, 0.25) is 5.02 Å². The summed E-state index contributed by atoms with van der Waals surface area (Å²) in [6.45, 7) is 9.34. The van der Waals surface area contributed by atoms with E-state index in [0.717, 1.165) is 35.6 Å². The molecule has 0 aromatic heterocycles. The van der Waals surface area contributed by atoms with Crippen LogP contribution in [-0.4, -0.2) is 54.3 Å². The highest BCUT2D eigenvalue weighted by Gasteiger charge is 2.49. The molecule has 0 bridgehead atoms. The minimum atomic E-state index is -0.211. The van der Waals surface area contributed by atoms with Crippen molar-refractivity contribution < 1.29 is 26.4 Å². The first-order valence-corrected chi connectivity index (χ1v) is 11.1. The van der Waals surface area contributed by atoms with Gasteiger partial charge in [0.1, 0.15) is 5.54 Å². The van der Waals surface area contributed by atoms with E-state index in [1.54, 1.807) is 0 Å². The summed E-state index contributed by atoms with van der Waals surface area (Å²) in [4.78, 5) is 14.0. The van der Waals surface area contributed by atoms with Crippen LogP contribution in [0.1, 0.15) is 55.8 Å². The number of carbonyl (C=O) groups excluding carboxylic acids is 1. The van der Waals surface area contributed by atoms with Gasteiger partial charge in [0.25, 0.3) is 0 Å². The van der Waals surface area contributed by atoms with Gasteiger partial charge in [0.2, 0.25) is 6.73 Å². The van der Waals surface area contributed by atoms with Gasteiger partial charge in [0.15, 0.2) is 0 Å². The molecule has 6 heteroatoms. The van der Waals surface area contributed by atoms with Gasteiger partial charge in [-0.05, 0) is 49.1 Å². The molecule has 1 heterocycles. The molecule has 3 atom stereocenters. The van der Waals surface area contributed by atoms with Gasteiger partial charge in [-0.15, -0.1) is 0 Å². The van der Waals surface area contributed by atoms with Crippen molar-refractivity contribution in [3.05, 3.63) is 70.2 Å². The minimum absolute atomic E-state index is 0. The lowest BCUT2D eigenvalue weighted by molar-refractivity contribution is -0.974. The number of likely N-dealkylation sites (N-methyl/N-ethyl adjacent to an activating group) is 1. The molecule has 31 heavy (non-hydrogen) atoms. The SMILES string of the molecule is CC(=O)OC[N@@+]1(C)CCN([C@@H]2C[C@@H](c3ccccc3)c3ccc(Cl)cc32)CC1(C)C.[Cl-]. The van der Waals surface area contributed by atoms with E-state index in [0.29, 0.717) is 18.7 Å². The molecule has 2 aromatic carbocycles. The smallest absolute Gasteiger partial charge is 0.306 e. The molecule has 1 aliphatic heterocycles. The zero-order valence-electron chi connectivity index (χ0n) is 18.8. The van der Waals surface area contributed by atoms with E-state index in [9.17, 15) is 4.79 Å². The topological polar surface area (TPSA) is 29.5 Å². The summed E-state index contributed by atoms with van der Waals surface area (Å²) in [6, 6.07) is 17.5. The van der Waals surface area contributed by atoms with E-state index in [-0.39, 0.29) is 23.9 Å². The third-order valence-corrected chi connectivity index (χ3v) is 7.60. The fourth-order valence-corrected chi connectivity index (χ4v) is 5.29. The van der Waals surface area contributed by atoms with Gasteiger partial charge in [0.05, 0.1) is 20.1 Å². The zero-order chi connectivity index (χ0) is 21.5. The Kier molecular flexibility index (Phi) is 7.07. The Morgan fingerprint density at radius 3 is 2.55 bits per heavy atom. The van der Waals surface area contributed by atoms with Crippen LogP contribution in [0.5, 0.6) is 0 Å². The highest BCUT2D eigenvalue weighted by atomic mass is 35.5. The quantitative estimate of drug-likeness (QED) is 0.513. The number of ether oxygens (including phenoxy) is 1. The lowest BCUT2D eigenvalue weighted by atomic mass is 9.92. The molecule has 0 radical (unpaired) electrons. The number of piperazine rings is 1. The first-order chi connectivity index (χ1) is 14.2. The molecule has 1 fully saturated rings. The van der Waals surface area contributed by atoms with Crippen LogP contribution >= 0.6 is 11.6 Å². The third kappa shape index (κ3) is 4.63. The molecular formula is C25H32Cl2N2O2. The standard InChI is InChI=1S/C25H32ClN2O2.ClH/c1-18(29)30-17-28(4)13-12-27(16-25(28,2)3)24-15-22(19-8-6-5-7-9-19)21-11-10-20(26)14-23(21)24;/h5-11,14,22,24H,12-13,15-17H2,1-4H3;1H/q+1;/p-1/t22-,24+,28+;/m0./s1. The Morgan fingerprint density at radius 2 is 1.90 bits per heavy atom. The number of fused-ring (bicyclic) bond motifs is 1. The van der Waals surface area contributed by atoms with Crippen LogP contribution in [0.3, 0.4) is 0 Å². The lowest BCUT2D eigenvalue weighted by Crippen LogP contribution is -3.00. The van der Waals surface area contributed by atoms with Crippen molar-refractivity contribution in [2.24, 2.45) is 0 Å². The average Bonchev–Trinajstić information content (AvgIpc) is 3.08. The highest BCUT2D eigenvalue weighted by Crippen LogP contribution is 2.48. The van der Waals surface area contributed by atoms with Crippen LogP contribution in [0.15, 0.2) is 48.5 Å². The van der Waals surface area contributed by atoms with E-state index in [4.69, 9.17) is 16.3 Å². The third-order valence-electron chi connectivity index (χ3n) is 7.37. The van der Waals surface area contributed by atoms with Gasteiger partial charge in [-0.3, -0.25) is 14.2 Å².